The number of rotatable bonds is 4. The van der Waals surface area contributed by atoms with Crippen LogP contribution in [0, 0.1) is 19.7 Å². The summed E-state index contributed by atoms with van der Waals surface area (Å²) in [5.74, 6) is -1.32. The van der Waals surface area contributed by atoms with Gasteiger partial charge in [0.05, 0.1) is 6.54 Å². The molecule has 2 aromatic carbocycles. The molecule has 0 aliphatic rings. The third kappa shape index (κ3) is 4.41. The lowest BCUT2D eigenvalue weighted by Gasteiger charge is -2.09. The Labute approximate surface area is 128 Å². The largest absolute Gasteiger partial charge is 0.343 e. The van der Waals surface area contributed by atoms with Crippen LogP contribution in [0.4, 0.5) is 10.1 Å². The van der Waals surface area contributed by atoms with E-state index in [1.165, 1.54) is 18.2 Å². The molecule has 0 unspecified atom stereocenters. The predicted molar refractivity (Wildman–Crippen MR) is 83.3 cm³/mol. The van der Waals surface area contributed by atoms with Crippen LogP contribution in [0.15, 0.2) is 42.5 Å². The van der Waals surface area contributed by atoms with E-state index in [2.05, 4.69) is 10.6 Å². The number of hydrogen-bond donors (Lipinski definition) is 2. The van der Waals surface area contributed by atoms with Gasteiger partial charge in [0.1, 0.15) is 5.82 Å². The maximum absolute atomic E-state index is 13.0. The van der Waals surface area contributed by atoms with Gasteiger partial charge in [-0.2, -0.15) is 0 Å². The van der Waals surface area contributed by atoms with Crippen molar-refractivity contribution in [2.45, 2.75) is 13.8 Å². The summed E-state index contributed by atoms with van der Waals surface area (Å²) in [5.41, 5.74) is 2.94. The molecule has 0 atom stereocenters. The molecule has 0 aromatic heterocycles. The first-order valence-corrected chi connectivity index (χ1v) is 6.86. The molecule has 5 heteroatoms. The van der Waals surface area contributed by atoms with Gasteiger partial charge in [-0.15, -0.1) is 0 Å². The number of hydrogen-bond acceptors (Lipinski definition) is 2. The molecule has 2 aromatic rings. The monoisotopic (exact) mass is 300 g/mol. The predicted octanol–water partition coefficient (Wildman–Crippen LogP) is 2.81. The van der Waals surface area contributed by atoms with Crippen LogP contribution in [-0.4, -0.2) is 18.4 Å². The molecule has 22 heavy (non-hydrogen) atoms. The second-order valence-corrected chi connectivity index (χ2v) is 5.12. The van der Waals surface area contributed by atoms with Gasteiger partial charge >= 0.3 is 0 Å². The third-order valence-corrected chi connectivity index (χ3v) is 3.00. The van der Waals surface area contributed by atoms with Gasteiger partial charge < -0.3 is 10.6 Å². The lowest BCUT2D eigenvalue weighted by atomic mass is 10.1. The summed E-state index contributed by atoms with van der Waals surface area (Å²) in [7, 11) is 0. The Morgan fingerprint density at radius 3 is 2.36 bits per heavy atom. The maximum Gasteiger partial charge on any atom is 0.251 e. The number of benzene rings is 2. The van der Waals surface area contributed by atoms with E-state index in [1.807, 2.05) is 32.0 Å². The summed E-state index contributed by atoms with van der Waals surface area (Å²) >= 11 is 0. The van der Waals surface area contributed by atoms with Gasteiger partial charge in [-0.3, -0.25) is 9.59 Å². The van der Waals surface area contributed by atoms with Crippen LogP contribution >= 0.6 is 0 Å². The zero-order valence-corrected chi connectivity index (χ0v) is 12.4. The number of carbonyl (C=O) groups is 2. The Balaban J connectivity index is 1.91. The number of anilines is 1. The highest BCUT2D eigenvalue weighted by Gasteiger charge is 2.09. The minimum atomic E-state index is -0.493. The lowest BCUT2D eigenvalue weighted by Crippen LogP contribution is -2.32. The van der Waals surface area contributed by atoms with E-state index in [9.17, 15) is 14.0 Å². The van der Waals surface area contributed by atoms with Crippen molar-refractivity contribution in [3.63, 3.8) is 0 Å². The summed E-state index contributed by atoms with van der Waals surface area (Å²) in [6, 6.07) is 11.0. The molecule has 2 rings (SSSR count). The Morgan fingerprint density at radius 1 is 1.05 bits per heavy atom. The van der Waals surface area contributed by atoms with Crippen LogP contribution in [0.2, 0.25) is 0 Å². The summed E-state index contributed by atoms with van der Waals surface area (Å²) in [6.45, 7) is 3.70. The minimum Gasteiger partial charge on any atom is -0.343 e. The van der Waals surface area contributed by atoms with Crippen molar-refractivity contribution in [1.82, 2.24) is 5.32 Å². The van der Waals surface area contributed by atoms with Crippen molar-refractivity contribution >= 4 is 17.5 Å². The Morgan fingerprint density at radius 2 is 1.73 bits per heavy atom. The molecule has 0 aliphatic heterocycles. The molecule has 0 fully saturated rings. The van der Waals surface area contributed by atoms with Crippen LogP contribution in [0.5, 0.6) is 0 Å². The molecule has 0 radical (unpaired) electrons. The molecule has 0 heterocycles. The molecule has 0 spiro atoms. The second-order valence-electron chi connectivity index (χ2n) is 5.12. The molecule has 4 nitrogen and oxygen atoms in total. The summed E-state index contributed by atoms with van der Waals surface area (Å²) in [6.07, 6.45) is 0. The van der Waals surface area contributed by atoms with E-state index in [-0.39, 0.29) is 18.0 Å². The van der Waals surface area contributed by atoms with Crippen LogP contribution in [0.25, 0.3) is 0 Å². The molecule has 2 amide bonds. The molecule has 0 saturated carbocycles. The first-order valence-electron chi connectivity index (χ1n) is 6.86. The SMILES string of the molecule is Cc1cc(C)cc(NC(=O)CNC(=O)c2cccc(F)c2)c1. The second kappa shape index (κ2) is 6.85. The molecule has 0 saturated heterocycles. The molecule has 0 bridgehead atoms. The van der Waals surface area contributed by atoms with E-state index < -0.39 is 11.7 Å². The first kappa shape index (κ1) is 15.7. The smallest absolute Gasteiger partial charge is 0.251 e. The topological polar surface area (TPSA) is 58.2 Å². The third-order valence-electron chi connectivity index (χ3n) is 3.00. The van der Waals surface area contributed by atoms with Gasteiger partial charge in [0, 0.05) is 11.3 Å². The van der Waals surface area contributed by atoms with Crippen molar-refractivity contribution in [3.05, 3.63) is 65.0 Å². The van der Waals surface area contributed by atoms with Gasteiger partial charge in [-0.25, -0.2) is 4.39 Å². The normalized spacial score (nSPS) is 10.1. The molecular weight excluding hydrogens is 283 g/mol. The average molecular weight is 300 g/mol. The van der Waals surface area contributed by atoms with E-state index in [0.29, 0.717) is 5.69 Å². The number of nitrogens with one attached hydrogen (secondary N) is 2. The maximum atomic E-state index is 13.0. The summed E-state index contributed by atoms with van der Waals surface area (Å²) in [4.78, 5) is 23.6. The van der Waals surface area contributed by atoms with Gasteiger partial charge in [-0.05, 0) is 55.3 Å². The number of amides is 2. The van der Waals surface area contributed by atoms with Gasteiger partial charge in [0.25, 0.3) is 5.91 Å². The fraction of sp³-hybridized carbons (Fsp3) is 0.176. The standard InChI is InChI=1S/C17H17FN2O2/c1-11-6-12(2)8-15(7-11)20-16(21)10-19-17(22)13-4-3-5-14(18)9-13/h3-9H,10H2,1-2H3,(H,19,22)(H,20,21). The van der Waals surface area contributed by atoms with E-state index in [4.69, 9.17) is 0 Å². The highest BCUT2D eigenvalue weighted by atomic mass is 19.1. The number of aryl methyl sites for hydroxylation is 2. The Kier molecular flexibility index (Phi) is 4.88. The summed E-state index contributed by atoms with van der Waals surface area (Å²) in [5, 5.41) is 5.17. The zero-order chi connectivity index (χ0) is 16.1. The van der Waals surface area contributed by atoms with Gasteiger partial charge in [0.2, 0.25) is 5.91 Å². The molecule has 0 aliphatic carbocycles. The molecule has 2 N–H and O–H groups in total. The minimum absolute atomic E-state index is 0.178. The Hall–Kier alpha value is -2.69. The number of carbonyl (C=O) groups excluding carboxylic acids is 2. The van der Waals surface area contributed by atoms with E-state index in [0.717, 1.165) is 17.2 Å². The first-order chi connectivity index (χ1) is 10.4. The Bertz CT molecular complexity index is 693. The van der Waals surface area contributed by atoms with Crippen molar-refractivity contribution in [1.29, 1.82) is 0 Å². The zero-order valence-electron chi connectivity index (χ0n) is 12.4. The average Bonchev–Trinajstić information content (AvgIpc) is 2.43. The highest BCUT2D eigenvalue weighted by Crippen LogP contribution is 2.13. The fourth-order valence-electron chi connectivity index (χ4n) is 2.14. The summed E-state index contributed by atoms with van der Waals surface area (Å²) < 4.78 is 13.0. The highest BCUT2D eigenvalue weighted by molar-refractivity contribution is 5.99. The van der Waals surface area contributed by atoms with Crippen molar-refractivity contribution in [3.8, 4) is 0 Å². The van der Waals surface area contributed by atoms with Crippen molar-refractivity contribution < 1.29 is 14.0 Å². The van der Waals surface area contributed by atoms with E-state index >= 15 is 0 Å². The van der Waals surface area contributed by atoms with Gasteiger partial charge in [0.15, 0.2) is 0 Å². The van der Waals surface area contributed by atoms with Crippen LogP contribution < -0.4 is 10.6 Å². The quantitative estimate of drug-likeness (QED) is 0.912. The fourth-order valence-corrected chi connectivity index (χ4v) is 2.14. The molecule has 114 valence electrons. The number of halogens is 1. The van der Waals surface area contributed by atoms with Crippen molar-refractivity contribution in [2.75, 3.05) is 11.9 Å². The van der Waals surface area contributed by atoms with Crippen LogP contribution in [0.3, 0.4) is 0 Å². The van der Waals surface area contributed by atoms with Crippen molar-refractivity contribution in [2.24, 2.45) is 0 Å². The van der Waals surface area contributed by atoms with Crippen LogP contribution in [0.1, 0.15) is 21.5 Å². The lowest BCUT2D eigenvalue weighted by molar-refractivity contribution is -0.115. The van der Waals surface area contributed by atoms with E-state index in [1.54, 1.807) is 0 Å². The molecular formula is C17H17FN2O2. The van der Waals surface area contributed by atoms with Crippen LogP contribution in [-0.2, 0) is 4.79 Å². The van der Waals surface area contributed by atoms with Gasteiger partial charge in [-0.1, -0.05) is 12.1 Å².